The first kappa shape index (κ1) is 12.0. The highest BCUT2D eigenvalue weighted by Crippen LogP contribution is 2.29. The van der Waals surface area contributed by atoms with Gasteiger partial charge in [0.1, 0.15) is 5.75 Å². The molecule has 1 fully saturated rings. The summed E-state index contributed by atoms with van der Waals surface area (Å²) in [7, 11) is 1.65. The summed E-state index contributed by atoms with van der Waals surface area (Å²) >= 11 is 0. The van der Waals surface area contributed by atoms with Crippen LogP contribution in [0.4, 0.5) is 11.4 Å². The second-order valence-corrected chi connectivity index (χ2v) is 4.27. The summed E-state index contributed by atoms with van der Waals surface area (Å²) in [4.78, 5) is 2.28. The predicted octanol–water partition coefficient (Wildman–Crippen LogP) is 1.89. The highest BCUT2D eigenvalue weighted by atomic mass is 16.5. The van der Waals surface area contributed by atoms with Gasteiger partial charge in [-0.3, -0.25) is 0 Å². The summed E-state index contributed by atoms with van der Waals surface area (Å²) in [6, 6.07) is 5.83. The summed E-state index contributed by atoms with van der Waals surface area (Å²) in [6.45, 7) is 4.72. The van der Waals surface area contributed by atoms with Crippen LogP contribution >= 0.6 is 0 Å². The second-order valence-electron chi connectivity index (χ2n) is 4.27. The minimum Gasteiger partial charge on any atom is -0.497 e. The van der Waals surface area contributed by atoms with Crippen molar-refractivity contribution in [1.29, 1.82) is 0 Å². The first-order chi connectivity index (χ1) is 8.24. The lowest BCUT2D eigenvalue weighted by atomic mass is 10.1. The molecule has 4 nitrogen and oxygen atoms in total. The van der Waals surface area contributed by atoms with E-state index in [1.807, 2.05) is 18.2 Å². The zero-order valence-electron chi connectivity index (χ0n) is 10.5. The molecule has 1 aliphatic rings. The number of rotatable bonds is 3. The zero-order chi connectivity index (χ0) is 12.3. The summed E-state index contributed by atoms with van der Waals surface area (Å²) in [5.74, 6) is 0.798. The number of ether oxygens (including phenoxy) is 2. The van der Waals surface area contributed by atoms with Crippen molar-refractivity contribution >= 4 is 11.4 Å². The molecule has 0 radical (unpaired) electrons. The Morgan fingerprint density at radius 3 is 3.00 bits per heavy atom. The molecule has 2 rings (SSSR count). The number of hydrogen-bond donors (Lipinski definition) is 1. The molecule has 1 saturated heterocycles. The van der Waals surface area contributed by atoms with Gasteiger partial charge >= 0.3 is 0 Å². The third-order valence-electron chi connectivity index (χ3n) is 3.17. The first-order valence-corrected chi connectivity index (χ1v) is 6.04. The molecule has 0 bridgehead atoms. The highest BCUT2D eigenvalue weighted by molar-refractivity contribution is 5.69. The Balaban J connectivity index is 2.16. The number of hydrogen-bond acceptors (Lipinski definition) is 4. The Labute approximate surface area is 102 Å². The van der Waals surface area contributed by atoms with Crippen LogP contribution in [0.1, 0.15) is 13.3 Å². The minimum absolute atomic E-state index is 0.310. The number of morpholine rings is 1. The van der Waals surface area contributed by atoms with Crippen LogP contribution < -0.4 is 15.4 Å². The van der Waals surface area contributed by atoms with Gasteiger partial charge in [0.2, 0.25) is 0 Å². The minimum atomic E-state index is 0.310. The van der Waals surface area contributed by atoms with E-state index in [1.165, 1.54) is 0 Å². The van der Waals surface area contributed by atoms with E-state index in [0.29, 0.717) is 6.10 Å². The van der Waals surface area contributed by atoms with Crippen LogP contribution in [0.25, 0.3) is 0 Å². The maximum atomic E-state index is 6.05. The lowest BCUT2D eigenvalue weighted by Gasteiger charge is -2.34. The van der Waals surface area contributed by atoms with Gasteiger partial charge < -0.3 is 20.1 Å². The van der Waals surface area contributed by atoms with Gasteiger partial charge in [-0.1, -0.05) is 6.92 Å². The molecule has 0 saturated carbocycles. The largest absolute Gasteiger partial charge is 0.497 e. The molecule has 1 heterocycles. The fourth-order valence-electron chi connectivity index (χ4n) is 2.13. The van der Waals surface area contributed by atoms with Crippen molar-refractivity contribution in [2.45, 2.75) is 19.4 Å². The standard InChI is InChI=1S/C13H20N2O2/c1-3-10-9-15(6-7-17-10)13-5-4-11(16-2)8-12(13)14/h4-5,8,10H,3,6-7,9,14H2,1-2H3. The second kappa shape index (κ2) is 5.27. The van der Waals surface area contributed by atoms with E-state index in [-0.39, 0.29) is 0 Å². The predicted molar refractivity (Wildman–Crippen MR) is 69.7 cm³/mol. The average Bonchev–Trinajstić information content (AvgIpc) is 2.38. The molecule has 1 unspecified atom stereocenters. The van der Waals surface area contributed by atoms with E-state index in [0.717, 1.165) is 43.2 Å². The van der Waals surface area contributed by atoms with E-state index in [2.05, 4.69) is 11.8 Å². The molecule has 1 aromatic carbocycles. The van der Waals surface area contributed by atoms with Crippen molar-refractivity contribution in [3.63, 3.8) is 0 Å². The SMILES string of the molecule is CCC1CN(c2ccc(OC)cc2N)CCO1. The maximum Gasteiger partial charge on any atom is 0.121 e. The van der Waals surface area contributed by atoms with Crippen molar-refractivity contribution < 1.29 is 9.47 Å². The van der Waals surface area contributed by atoms with E-state index in [9.17, 15) is 0 Å². The Bertz CT molecular complexity index is 382. The Morgan fingerprint density at radius 1 is 1.53 bits per heavy atom. The van der Waals surface area contributed by atoms with Crippen molar-refractivity contribution in [3.05, 3.63) is 18.2 Å². The molecule has 0 aromatic heterocycles. The topological polar surface area (TPSA) is 47.7 Å². The van der Waals surface area contributed by atoms with Crippen LogP contribution in [0.5, 0.6) is 5.75 Å². The van der Waals surface area contributed by atoms with Crippen LogP contribution in [-0.4, -0.2) is 32.9 Å². The van der Waals surface area contributed by atoms with Gasteiger partial charge in [-0.25, -0.2) is 0 Å². The van der Waals surface area contributed by atoms with E-state index < -0.39 is 0 Å². The third kappa shape index (κ3) is 2.64. The normalized spacial score (nSPS) is 20.4. The molecular formula is C13H20N2O2. The number of nitrogens with zero attached hydrogens (tertiary/aromatic N) is 1. The Kier molecular flexibility index (Phi) is 3.74. The molecular weight excluding hydrogens is 216 g/mol. The summed E-state index contributed by atoms with van der Waals surface area (Å²) in [5, 5.41) is 0. The molecule has 0 spiro atoms. The van der Waals surface area contributed by atoms with Gasteiger partial charge in [-0.2, -0.15) is 0 Å². The van der Waals surface area contributed by atoms with Crippen LogP contribution in [-0.2, 0) is 4.74 Å². The lowest BCUT2D eigenvalue weighted by molar-refractivity contribution is 0.0385. The Hall–Kier alpha value is -1.42. The molecule has 1 aliphatic heterocycles. The van der Waals surface area contributed by atoms with Crippen molar-refractivity contribution in [2.75, 3.05) is 37.4 Å². The van der Waals surface area contributed by atoms with Gasteiger partial charge in [0, 0.05) is 19.2 Å². The van der Waals surface area contributed by atoms with Gasteiger partial charge in [0.25, 0.3) is 0 Å². The zero-order valence-corrected chi connectivity index (χ0v) is 10.5. The van der Waals surface area contributed by atoms with Gasteiger partial charge in [-0.05, 0) is 18.6 Å². The maximum absolute atomic E-state index is 6.05. The number of methoxy groups -OCH3 is 1. The third-order valence-corrected chi connectivity index (χ3v) is 3.17. The van der Waals surface area contributed by atoms with E-state index in [1.54, 1.807) is 7.11 Å². The number of benzene rings is 1. The first-order valence-electron chi connectivity index (χ1n) is 6.04. The van der Waals surface area contributed by atoms with E-state index >= 15 is 0 Å². The molecule has 0 aliphatic carbocycles. The van der Waals surface area contributed by atoms with Crippen molar-refractivity contribution in [2.24, 2.45) is 0 Å². The fourth-order valence-corrected chi connectivity index (χ4v) is 2.13. The smallest absolute Gasteiger partial charge is 0.121 e. The fraction of sp³-hybridized carbons (Fsp3) is 0.538. The number of nitrogen functional groups attached to an aromatic ring is 1. The quantitative estimate of drug-likeness (QED) is 0.814. The number of nitrogens with two attached hydrogens (primary N) is 1. The van der Waals surface area contributed by atoms with Crippen LogP contribution in [0.15, 0.2) is 18.2 Å². The summed E-state index contributed by atoms with van der Waals surface area (Å²) in [6.07, 6.45) is 1.34. The van der Waals surface area contributed by atoms with Crippen molar-refractivity contribution in [1.82, 2.24) is 0 Å². The van der Waals surface area contributed by atoms with Gasteiger partial charge in [0.15, 0.2) is 0 Å². The van der Waals surface area contributed by atoms with Crippen LogP contribution in [0, 0.1) is 0 Å². The molecule has 1 aromatic rings. The van der Waals surface area contributed by atoms with Crippen LogP contribution in [0.3, 0.4) is 0 Å². The van der Waals surface area contributed by atoms with Gasteiger partial charge in [0.05, 0.1) is 31.2 Å². The lowest BCUT2D eigenvalue weighted by Crippen LogP contribution is -2.42. The number of anilines is 2. The summed E-state index contributed by atoms with van der Waals surface area (Å²) < 4.78 is 10.8. The Morgan fingerprint density at radius 2 is 2.35 bits per heavy atom. The summed E-state index contributed by atoms with van der Waals surface area (Å²) in [5.41, 5.74) is 7.89. The van der Waals surface area contributed by atoms with Crippen molar-refractivity contribution in [3.8, 4) is 5.75 Å². The molecule has 17 heavy (non-hydrogen) atoms. The highest BCUT2D eigenvalue weighted by Gasteiger charge is 2.20. The van der Waals surface area contributed by atoms with Crippen LogP contribution in [0.2, 0.25) is 0 Å². The average molecular weight is 236 g/mol. The molecule has 94 valence electrons. The monoisotopic (exact) mass is 236 g/mol. The van der Waals surface area contributed by atoms with E-state index in [4.69, 9.17) is 15.2 Å². The molecule has 0 amide bonds. The van der Waals surface area contributed by atoms with Gasteiger partial charge in [-0.15, -0.1) is 0 Å². The molecule has 2 N–H and O–H groups in total. The molecule has 1 atom stereocenters. The molecule has 4 heteroatoms.